The van der Waals surface area contributed by atoms with Crippen LogP contribution in [0.15, 0.2) is 54.7 Å². The molecule has 1 fully saturated rings. The van der Waals surface area contributed by atoms with E-state index in [1.807, 2.05) is 12.3 Å². The molecule has 0 saturated carbocycles. The van der Waals surface area contributed by atoms with Crippen molar-refractivity contribution in [3.63, 3.8) is 0 Å². The van der Waals surface area contributed by atoms with Crippen molar-refractivity contribution in [1.29, 1.82) is 0 Å². The first kappa shape index (κ1) is 16.1. The van der Waals surface area contributed by atoms with Crippen molar-refractivity contribution in [1.82, 2.24) is 14.8 Å². The Bertz CT molecular complexity index is 617. The third-order valence-corrected chi connectivity index (χ3v) is 5.29. The fraction of sp³-hybridized carbons (Fsp3) is 0.368. The van der Waals surface area contributed by atoms with Gasteiger partial charge in [0.05, 0.1) is 17.4 Å². The molecule has 0 radical (unpaired) electrons. The van der Waals surface area contributed by atoms with Gasteiger partial charge in [-0.15, -0.1) is 0 Å². The highest BCUT2D eigenvalue weighted by Gasteiger charge is 2.46. The molecular formula is C19H23N3S. The zero-order chi connectivity index (χ0) is 16.3. The predicted molar refractivity (Wildman–Crippen MR) is 98.6 cm³/mol. The number of likely N-dealkylation sites (N-methyl/N-ethyl adjacent to an activating group) is 2. The van der Waals surface area contributed by atoms with Crippen molar-refractivity contribution >= 4 is 17.2 Å². The summed E-state index contributed by atoms with van der Waals surface area (Å²) >= 11 is 5.98. The van der Waals surface area contributed by atoms with Crippen LogP contribution in [0.3, 0.4) is 0 Å². The number of rotatable bonds is 4. The minimum atomic E-state index is -0.359. The van der Waals surface area contributed by atoms with Gasteiger partial charge in [0.2, 0.25) is 0 Å². The van der Waals surface area contributed by atoms with Gasteiger partial charge in [-0.05, 0) is 31.2 Å². The molecule has 2 heterocycles. The Labute approximate surface area is 144 Å². The Balaban J connectivity index is 2.20. The monoisotopic (exact) mass is 325 g/mol. The summed E-state index contributed by atoms with van der Waals surface area (Å²) in [7, 11) is 0. The molecule has 23 heavy (non-hydrogen) atoms. The van der Waals surface area contributed by atoms with Gasteiger partial charge in [-0.25, -0.2) is 0 Å². The molecule has 120 valence electrons. The summed E-state index contributed by atoms with van der Waals surface area (Å²) in [6.45, 7) is 8.06. The number of hydrogen-bond acceptors (Lipinski definition) is 3. The first-order valence-electron chi connectivity index (χ1n) is 8.21. The lowest BCUT2D eigenvalue weighted by Crippen LogP contribution is -2.61. The molecule has 0 spiro atoms. The van der Waals surface area contributed by atoms with Crippen LogP contribution in [0.25, 0.3) is 0 Å². The second-order valence-corrected chi connectivity index (χ2v) is 6.32. The van der Waals surface area contributed by atoms with Crippen molar-refractivity contribution in [3.05, 3.63) is 66.0 Å². The minimum absolute atomic E-state index is 0.359. The topological polar surface area (TPSA) is 19.4 Å². The minimum Gasteiger partial charge on any atom is -0.352 e. The van der Waals surface area contributed by atoms with Gasteiger partial charge in [0.1, 0.15) is 5.41 Å². The van der Waals surface area contributed by atoms with Gasteiger partial charge >= 0.3 is 0 Å². The summed E-state index contributed by atoms with van der Waals surface area (Å²) in [5.74, 6) is 0. The van der Waals surface area contributed by atoms with Crippen LogP contribution in [0.4, 0.5) is 0 Å². The van der Waals surface area contributed by atoms with Gasteiger partial charge in [-0.1, -0.05) is 55.5 Å². The van der Waals surface area contributed by atoms with Crippen LogP contribution < -0.4 is 0 Å². The summed E-state index contributed by atoms with van der Waals surface area (Å²) in [6, 6.07) is 16.7. The molecule has 1 saturated heterocycles. The first-order valence-corrected chi connectivity index (χ1v) is 8.62. The zero-order valence-electron chi connectivity index (χ0n) is 13.8. The lowest BCUT2D eigenvalue weighted by atomic mass is 9.74. The number of nitrogens with zero attached hydrogens (tertiary/aromatic N) is 3. The predicted octanol–water partition coefficient (Wildman–Crippen LogP) is 3.31. The van der Waals surface area contributed by atoms with Gasteiger partial charge in [0, 0.05) is 19.3 Å². The molecule has 0 N–H and O–H groups in total. The highest BCUT2D eigenvalue weighted by atomic mass is 32.1. The molecule has 0 bridgehead atoms. The lowest BCUT2D eigenvalue weighted by Gasteiger charge is -2.48. The molecule has 1 aliphatic heterocycles. The molecule has 1 aliphatic rings. The molecule has 1 atom stereocenters. The van der Waals surface area contributed by atoms with Crippen LogP contribution in [0.1, 0.15) is 25.1 Å². The fourth-order valence-electron chi connectivity index (χ4n) is 3.38. The van der Waals surface area contributed by atoms with E-state index in [4.69, 9.17) is 17.2 Å². The van der Waals surface area contributed by atoms with E-state index in [0.29, 0.717) is 0 Å². The van der Waals surface area contributed by atoms with Gasteiger partial charge in [-0.3, -0.25) is 9.88 Å². The van der Waals surface area contributed by atoms with Crippen LogP contribution in [-0.2, 0) is 5.41 Å². The second-order valence-electron chi connectivity index (χ2n) is 5.93. The third kappa shape index (κ3) is 2.77. The molecule has 4 heteroatoms. The van der Waals surface area contributed by atoms with Gasteiger partial charge in [0.15, 0.2) is 0 Å². The van der Waals surface area contributed by atoms with E-state index in [9.17, 15) is 0 Å². The quantitative estimate of drug-likeness (QED) is 0.803. The maximum Gasteiger partial charge on any atom is 0.100 e. The average Bonchev–Trinajstić information content (AvgIpc) is 2.63. The number of aromatic nitrogens is 1. The highest BCUT2D eigenvalue weighted by Crippen LogP contribution is 2.37. The number of hydrogen-bond donors (Lipinski definition) is 0. The van der Waals surface area contributed by atoms with Gasteiger partial charge in [-0.2, -0.15) is 0 Å². The van der Waals surface area contributed by atoms with Crippen LogP contribution in [0.5, 0.6) is 0 Å². The molecule has 1 aromatic carbocycles. The number of thiocarbonyl (C=S) groups is 1. The normalized spacial score (nSPS) is 22.3. The van der Waals surface area contributed by atoms with Crippen molar-refractivity contribution in [3.8, 4) is 0 Å². The molecule has 3 rings (SSSR count). The van der Waals surface area contributed by atoms with Crippen molar-refractivity contribution in [2.24, 2.45) is 0 Å². The van der Waals surface area contributed by atoms with Crippen molar-refractivity contribution < 1.29 is 0 Å². The maximum absolute atomic E-state index is 5.98. The van der Waals surface area contributed by atoms with E-state index < -0.39 is 0 Å². The summed E-state index contributed by atoms with van der Waals surface area (Å²) < 4.78 is 0. The van der Waals surface area contributed by atoms with E-state index in [0.717, 1.165) is 37.0 Å². The number of pyridine rings is 1. The SMILES string of the molecule is CCN1CN(CC)C(=S)C(c2ccccc2)(c2ccccn2)C1. The standard InChI is InChI=1S/C19H23N3S/c1-3-21-14-19(16-10-6-5-7-11-16,17-12-8-9-13-20-17)18(23)22(4-2)15-21/h5-13H,3-4,14-15H2,1-2H3. The summed E-state index contributed by atoms with van der Waals surface area (Å²) in [5.41, 5.74) is 1.90. The Morgan fingerprint density at radius 3 is 2.39 bits per heavy atom. The Morgan fingerprint density at radius 1 is 1.04 bits per heavy atom. The van der Waals surface area contributed by atoms with E-state index in [1.165, 1.54) is 5.56 Å². The van der Waals surface area contributed by atoms with E-state index in [-0.39, 0.29) is 5.41 Å². The van der Waals surface area contributed by atoms with Gasteiger partial charge < -0.3 is 4.90 Å². The van der Waals surface area contributed by atoms with Crippen molar-refractivity contribution in [2.75, 3.05) is 26.3 Å². The van der Waals surface area contributed by atoms with Crippen LogP contribution in [0, 0.1) is 0 Å². The summed E-state index contributed by atoms with van der Waals surface area (Å²) in [6.07, 6.45) is 1.86. The Hall–Kier alpha value is -1.78. The second kappa shape index (κ2) is 6.77. The molecule has 0 amide bonds. The molecular weight excluding hydrogens is 302 g/mol. The zero-order valence-corrected chi connectivity index (χ0v) is 14.6. The van der Waals surface area contributed by atoms with Crippen LogP contribution >= 0.6 is 12.2 Å². The molecule has 2 aromatic rings. The molecule has 1 unspecified atom stereocenters. The van der Waals surface area contributed by atoms with Crippen molar-refractivity contribution in [2.45, 2.75) is 19.3 Å². The smallest absolute Gasteiger partial charge is 0.100 e. The van der Waals surface area contributed by atoms with Gasteiger partial charge in [0.25, 0.3) is 0 Å². The third-order valence-electron chi connectivity index (χ3n) is 4.68. The Morgan fingerprint density at radius 2 is 1.78 bits per heavy atom. The van der Waals surface area contributed by atoms with E-state index in [2.05, 4.69) is 66.1 Å². The lowest BCUT2D eigenvalue weighted by molar-refractivity contribution is 0.146. The fourth-order valence-corrected chi connectivity index (χ4v) is 3.85. The maximum atomic E-state index is 5.98. The largest absolute Gasteiger partial charge is 0.352 e. The van der Waals surface area contributed by atoms with Crippen LogP contribution in [-0.4, -0.2) is 46.1 Å². The first-order chi connectivity index (χ1) is 11.2. The van der Waals surface area contributed by atoms with E-state index >= 15 is 0 Å². The molecule has 1 aromatic heterocycles. The summed E-state index contributed by atoms with van der Waals surface area (Å²) in [4.78, 5) is 10.4. The van der Waals surface area contributed by atoms with Crippen LogP contribution in [0.2, 0.25) is 0 Å². The molecule has 3 nitrogen and oxygen atoms in total. The average molecular weight is 325 g/mol. The number of benzene rings is 1. The van der Waals surface area contributed by atoms with E-state index in [1.54, 1.807) is 0 Å². The highest BCUT2D eigenvalue weighted by molar-refractivity contribution is 7.80. The molecule has 0 aliphatic carbocycles. The Kier molecular flexibility index (Phi) is 4.74. The summed E-state index contributed by atoms with van der Waals surface area (Å²) in [5, 5.41) is 0.